The van der Waals surface area contributed by atoms with Gasteiger partial charge in [-0.2, -0.15) is 0 Å². The van der Waals surface area contributed by atoms with E-state index in [9.17, 15) is 9.59 Å². The van der Waals surface area contributed by atoms with Crippen LogP contribution in [0.5, 0.6) is 0 Å². The number of carbonyl (C=O) groups is 2. The van der Waals surface area contributed by atoms with Crippen LogP contribution < -0.4 is 4.90 Å². The lowest BCUT2D eigenvalue weighted by molar-refractivity contribution is -0.140. The van der Waals surface area contributed by atoms with Gasteiger partial charge in [-0.3, -0.25) is 9.59 Å². The Kier molecular flexibility index (Phi) is 3.14. The van der Waals surface area contributed by atoms with Gasteiger partial charge in [0.15, 0.2) is 6.73 Å². The van der Waals surface area contributed by atoms with Crippen molar-refractivity contribution in [1.29, 1.82) is 0 Å². The molecule has 0 radical (unpaired) electrons. The van der Waals surface area contributed by atoms with Crippen molar-refractivity contribution in [2.45, 2.75) is 18.9 Å². The summed E-state index contributed by atoms with van der Waals surface area (Å²) in [5, 5.41) is 0. The number of fused-ring (bicyclic) bond motifs is 3. The minimum absolute atomic E-state index is 0.135. The molecule has 0 saturated heterocycles. The van der Waals surface area contributed by atoms with Gasteiger partial charge in [-0.25, -0.2) is 0 Å². The highest BCUT2D eigenvalue weighted by molar-refractivity contribution is 5.79. The highest BCUT2D eigenvalue weighted by Gasteiger charge is 2.36. The zero-order valence-corrected chi connectivity index (χ0v) is 11.2. The van der Waals surface area contributed by atoms with Crippen LogP contribution >= 0.6 is 0 Å². The third kappa shape index (κ3) is 2.03. The molecule has 2 unspecified atom stereocenters. The Labute approximate surface area is 117 Å². The normalized spacial score (nSPS) is 22.4. The minimum Gasteiger partial charge on any atom is -0.444 e. The van der Waals surface area contributed by atoms with Crippen molar-refractivity contribution in [3.8, 4) is 0 Å². The summed E-state index contributed by atoms with van der Waals surface area (Å²) in [5.41, 5.74) is 2.79. The van der Waals surface area contributed by atoms with Crippen molar-refractivity contribution in [3.63, 3.8) is 0 Å². The Morgan fingerprint density at radius 1 is 1.35 bits per heavy atom. The van der Waals surface area contributed by atoms with Crippen LogP contribution in [0.25, 0.3) is 0 Å². The summed E-state index contributed by atoms with van der Waals surface area (Å²) in [5.74, 6) is -0.0969. The van der Waals surface area contributed by atoms with E-state index in [0.717, 1.165) is 17.5 Å². The molecule has 0 fully saturated rings. The molecule has 2 aliphatic rings. The predicted molar refractivity (Wildman–Crippen MR) is 75.8 cm³/mol. The molecule has 4 nitrogen and oxygen atoms in total. The van der Waals surface area contributed by atoms with Gasteiger partial charge in [0.25, 0.3) is 0 Å². The molecule has 1 aromatic carbocycles. The molecule has 4 heteroatoms. The van der Waals surface area contributed by atoms with Gasteiger partial charge in [0, 0.05) is 24.1 Å². The number of rotatable bonds is 3. The number of hydrogen-bond donors (Lipinski definition) is 0. The molecule has 2 atom stereocenters. The van der Waals surface area contributed by atoms with Crippen molar-refractivity contribution in [2.24, 2.45) is 0 Å². The van der Waals surface area contributed by atoms with Gasteiger partial charge in [-0.05, 0) is 23.8 Å². The van der Waals surface area contributed by atoms with Crippen molar-refractivity contribution in [1.82, 2.24) is 0 Å². The maximum Gasteiger partial charge on any atom is 0.304 e. The van der Waals surface area contributed by atoms with Gasteiger partial charge < -0.3 is 9.64 Å². The molecule has 1 aromatic rings. The molecule has 0 aromatic heterocycles. The van der Waals surface area contributed by atoms with Crippen LogP contribution in [0.4, 0.5) is 5.69 Å². The number of benzene rings is 1. The average Bonchev–Trinajstić information content (AvgIpc) is 2.78. The molecular formula is C16H15NO3. The van der Waals surface area contributed by atoms with E-state index in [-0.39, 0.29) is 24.7 Å². The van der Waals surface area contributed by atoms with E-state index in [1.165, 1.54) is 6.92 Å². The molecule has 1 heterocycles. The average molecular weight is 269 g/mol. The maximum atomic E-state index is 11.0. The fourth-order valence-electron chi connectivity index (χ4n) is 2.83. The first-order valence-electron chi connectivity index (χ1n) is 6.55. The number of esters is 1. The summed E-state index contributed by atoms with van der Waals surface area (Å²) in [7, 11) is 0. The topological polar surface area (TPSA) is 46.6 Å². The molecule has 0 amide bonds. The highest BCUT2D eigenvalue weighted by Crippen LogP contribution is 2.43. The molecule has 0 spiro atoms. The number of carbonyl (C=O) groups excluding carboxylic acids is 2. The molecule has 0 N–H and O–H groups in total. The molecule has 0 bridgehead atoms. The SMILES string of the molecule is CC(=O)OCN1c2ccc(C=O)cc2C2C=CC=CC21. The molecule has 20 heavy (non-hydrogen) atoms. The molecule has 3 rings (SSSR count). The summed E-state index contributed by atoms with van der Waals surface area (Å²) in [6.07, 6.45) is 9.06. The van der Waals surface area contributed by atoms with Crippen molar-refractivity contribution >= 4 is 17.9 Å². The highest BCUT2D eigenvalue weighted by atomic mass is 16.5. The maximum absolute atomic E-state index is 11.0. The van der Waals surface area contributed by atoms with Crippen molar-refractivity contribution < 1.29 is 14.3 Å². The second kappa shape index (κ2) is 4.96. The lowest BCUT2D eigenvalue weighted by Gasteiger charge is -2.27. The van der Waals surface area contributed by atoms with Crippen LogP contribution in [0.1, 0.15) is 28.8 Å². The van der Waals surface area contributed by atoms with Crippen LogP contribution in [-0.2, 0) is 9.53 Å². The number of hydrogen-bond acceptors (Lipinski definition) is 4. The first-order chi connectivity index (χ1) is 9.70. The summed E-state index contributed by atoms with van der Waals surface area (Å²) in [6.45, 7) is 1.63. The predicted octanol–water partition coefficient (Wildman–Crippen LogP) is 2.42. The zero-order valence-electron chi connectivity index (χ0n) is 11.2. The number of aldehydes is 1. The fourth-order valence-corrected chi connectivity index (χ4v) is 2.83. The second-order valence-electron chi connectivity index (χ2n) is 4.96. The van der Waals surface area contributed by atoms with Crippen LogP contribution in [0.2, 0.25) is 0 Å². The molecule has 1 aliphatic carbocycles. The lowest BCUT2D eigenvalue weighted by atomic mass is 9.91. The first kappa shape index (κ1) is 12.7. The van der Waals surface area contributed by atoms with Crippen molar-refractivity contribution in [3.05, 3.63) is 53.6 Å². The monoisotopic (exact) mass is 269 g/mol. The van der Waals surface area contributed by atoms with Crippen molar-refractivity contribution in [2.75, 3.05) is 11.6 Å². The quantitative estimate of drug-likeness (QED) is 0.624. The largest absolute Gasteiger partial charge is 0.444 e. The Morgan fingerprint density at radius 3 is 2.90 bits per heavy atom. The Hall–Kier alpha value is -2.36. The van der Waals surface area contributed by atoms with E-state index in [1.54, 1.807) is 6.07 Å². The Morgan fingerprint density at radius 2 is 2.15 bits per heavy atom. The Balaban J connectivity index is 1.99. The fraction of sp³-hybridized carbons (Fsp3) is 0.250. The zero-order chi connectivity index (χ0) is 14.1. The van der Waals surface area contributed by atoms with E-state index in [4.69, 9.17) is 4.74 Å². The van der Waals surface area contributed by atoms with Crippen LogP contribution in [0, 0.1) is 0 Å². The molecular weight excluding hydrogens is 254 g/mol. The number of anilines is 1. The van der Waals surface area contributed by atoms with Crippen LogP contribution in [0.3, 0.4) is 0 Å². The van der Waals surface area contributed by atoms with Gasteiger partial charge in [0.2, 0.25) is 0 Å². The molecule has 0 saturated carbocycles. The van der Waals surface area contributed by atoms with Gasteiger partial charge in [0.1, 0.15) is 6.29 Å². The summed E-state index contributed by atoms with van der Waals surface area (Å²) in [6, 6.07) is 5.76. The number of nitrogens with zero attached hydrogens (tertiary/aromatic N) is 1. The third-order valence-corrected chi connectivity index (χ3v) is 3.73. The molecule has 102 valence electrons. The summed E-state index contributed by atoms with van der Waals surface area (Å²) in [4.78, 5) is 24.0. The van der Waals surface area contributed by atoms with E-state index >= 15 is 0 Å². The molecule has 1 aliphatic heterocycles. The van der Waals surface area contributed by atoms with Gasteiger partial charge in [-0.15, -0.1) is 0 Å². The van der Waals surface area contributed by atoms with Gasteiger partial charge >= 0.3 is 5.97 Å². The second-order valence-corrected chi connectivity index (χ2v) is 4.96. The van der Waals surface area contributed by atoms with E-state index in [1.807, 2.05) is 24.3 Å². The van der Waals surface area contributed by atoms with E-state index < -0.39 is 0 Å². The van der Waals surface area contributed by atoms with Gasteiger partial charge in [0.05, 0.1) is 6.04 Å². The van der Waals surface area contributed by atoms with Crippen LogP contribution in [-0.4, -0.2) is 25.0 Å². The third-order valence-electron chi connectivity index (χ3n) is 3.73. The summed E-state index contributed by atoms with van der Waals surface area (Å²) < 4.78 is 5.15. The smallest absolute Gasteiger partial charge is 0.304 e. The van der Waals surface area contributed by atoms with Gasteiger partial charge in [-0.1, -0.05) is 24.3 Å². The van der Waals surface area contributed by atoms with E-state index in [0.29, 0.717) is 5.56 Å². The standard InChI is InChI=1S/C16H15NO3/c1-11(19)20-10-17-15-5-3-2-4-13(15)14-8-12(9-18)6-7-16(14)17/h2-9,13,15H,10H2,1H3. The number of ether oxygens (including phenoxy) is 1. The number of allylic oxidation sites excluding steroid dienone is 2. The Bertz CT molecular complexity index is 618. The summed E-state index contributed by atoms with van der Waals surface area (Å²) >= 11 is 0. The lowest BCUT2D eigenvalue weighted by Crippen LogP contribution is -2.35. The van der Waals surface area contributed by atoms with E-state index in [2.05, 4.69) is 17.1 Å². The first-order valence-corrected chi connectivity index (χ1v) is 6.55. The van der Waals surface area contributed by atoms with Crippen LogP contribution in [0.15, 0.2) is 42.5 Å². The minimum atomic E-state index is -0.296.